The van der Waals surface area contributed by atoms with E-state index < -0.39 is 20.0 Å². The summed E-state index contributed by atoms with van der Waals surface area (Å²) in [6.45, 7) is 13.5. The first-order chi connectivity index (χ1) is 21.9. The summed E-state index contributed by atoms with van der Waals surface area (Å²) in [6, 6.07) is 13.7. The number of nitrogen functional groups attached to an aromatic ring is 1. The maximum Gasteiger partial charge on any atom is 0.264 e. The molecule has 0 saturated heterocycles. The number of hydrogen-bond acceptors (Lipinski definition) is 10. The Labute approximate surface area is 276 Å². The van der Waals surface area contributed by atoms with E-state index in [4.69, 9.17) is 16.4 Å². The van der Waals surface area contributed by atoms with E-state index in [1.807, 2.05) is 47.6 Å². The molecule has 2 aromatic rings. The normalized spacial score (nSPS) is 17.1. The standard InChI is InChI=1S/C15H22N6O2S.C15H19N5O2S/c1-4-18-14(21-10-15(2,3)9-19-21)20-24(22,23)12-7-5-6-11(8-12)13(16)17;1-4-17-14(20-11-15(2,3)10-18-20)19-23(21,22)13-7-5-6-12(8-13)9-16/h5-9H,4,10H2,1-3H3,(H3,16,17)(H,18,20);5-8,10H,4,11H2,1-3H3,(H,17,19). The zero-order valence-electron chi connectivity index (χ0n) is 27.3. The highest BCUT2D eigenvalue weighted by Gasteiger charge is 2.31. The Balaban J connectivity index is 0.000000256. The van der Waals surface area contributed by atoms with Gasteiger partial charge < -0.3 is 5.73 Å². The van der Waals surface area contributed by atoms with Crippen molar-refractivity contribution < 1.29 is 16.8 Å². The van der Waals surface area contributed by atoms with E-state index in [1.54, 1.807) is 30.6 Å². The summed E-state index contributed by atoms with van der Waals surface area (Å²) in [5, 5.41) is 27.9. The van der Waals surface area contributed by atoms with E-state index in [9.17, 15) is 16.8 Å². The Morgan fingerprint density at radius 1 is 0.872 bits per heavy atom. The van der Waals surface area contributed by atoms with Gasteiger partial charge in [-0.05, 0) is 44.2 Å². The molecule has 0 unspecified atom stereocenters. The van der Waals surface area contributed by atoms with Crippen molar-refractivity contribution in [1.29, 1.82) is 10.7 Å². The summed E-state index contributed by atoms with van der Waals surface area (Å²) in [7, 11) is -7.70. The van der Waals surface area contributed by atoms with Crippen LogP contribution in [0.15, 0.2) is 78.5 Å². The molecule has 17 heteroatoms. The van der Waals surface area contributed by atoms with Crippen molar-refractivity contribution in [2.45, 2.75) is 51.3 Å². The van der Waals surface area contributed by atoms with Crippen LogP contribution in [0.4, 0.5) is 0 Å². The highest BCUT2D eigenvalue weighted by Crippen LogP contribution is 2.22. The quantitative estimate of drug-likeness (QED) is 0.250. The van der Waals surface area contributed by atoms with Crippen LogP contribution in [0, 0.1) is 27.6 Å². The molecule has 0 aromatic heterocycles. The largest absolute Gasteiger partial charge is 0.384 e. The molecule has 0 saturated carbocycles. The Morgan fingerprint density at radius 3 is 1.70 bits per heavy atom. The average molecular weight is 684 g/mol. The fourth-order valence-corrected chi connectivity index (χ4v) is 6.34. The second kappa shape index (κ2) is 14.7. The van der Waals surface area contributed by atoms with Gasteiger partial charge in [-0.1, -0.05) is 45.9 Å². The molecule has 0 fully saturated rings. The minimum absolute atomic E-state index is 0.0152. The van der Waals surface area contributed by atoms with Crippen molar-refractivity contribution in [1.82, 2.24) is 19.5 Å². The Kier molecular flexibility index (Phi) is 11.5. The number of nitrogens with two attached hydrogens (primary N) is 1. The molecule has 2 heterocycles. The van der Waals surface area contributed by atoms with Crippen molar-refractivity contribution >= 4 is 50.2 Å². The summed E-state index contributed by atoms with van der Waals surface area (Å²) < 4.78 is 55.3. The van der Waals surface area contributed by atoms with Crippen LogP contribution in [-0.4, -0.2) is 83.2 Å². The molecular weight excluding hydrogens is 643 g/mol. The summed E-state index contributed by atoms with van der Waals surface area (Å²) in [5.74, 6) is 0.157. The van der Waals surface area contributed by atoms with Crippen LogP contribution in [0.1, 0.15) is 52.7 Å². The van der Waals surface area contributed by atoms with Crippen molar-refractivity contribution in [3.05, 3.63) is 59.7 Å². The Morgan fingerprint density at radius 2 is 1.32 bits per heavy atom. The Bertz CT molecular complexity index is 1860. The molecule has 47 heavy (non-hydrogen) atoms. The number of nitrogens with one attached hydrogen (secondary N) is 3. The van der Waals surface area contributed by atoms with Gasteiger partial charge in [0.1, 0.15) is 5.84 Å². The van der Waals surface area contributed by atoms with Crippen LogP contribution in [0.5, 0.6) is 0 Å². The minimum Gasteiger partial charge on any atom is -0.384 e. The van der Waals surface area contributed by atoms with Gasteiger partial charge in [0.2, 0.25) is 11.9 Å². The van der Waals surface area contributed by atoms with E-state index in [1.165, 1.54) is 40.3 Å². The van der Waals surface area contributed by atoms with Gasteiger partial charge in [-0.2, -0.15) is 15.5 Å². The first-order valence-electron chi connectivity index (χ1n) is 14.7. The van der Waals surface area contributed by atoms with Gasteiger partial charge in [0.15, 0.2) is 0 Å². The first-order valence-corrected chi connectivity index (χ1v) is 17.6. The number of nitriles is 1. The zero-order chi connectivity index (χ0) is 35.0. The number of sulfonamides is 2. The van der Waals surface area contributed by atoms with Crippen LogP contribution in [0.3, 0.4) is 0 Å². The maximum absolute atomic E-state index is 12.6. The zero-order valence-corrected chi connectivity index (χ0v) is 28.9. The topological polar surface area (TPSA) is 222 Å². The number of nitrogens with zero attached hydrogens (tertiary/aromatic N) is 7. The van der Waals surface area contributed by atoms with Crippen molar-refractivity contribution in [3.8, 4) is 6.07 Å². The number of hydrazone groups is 2. The number of benzene rings is 2. The lowest BCUT2D eigenvalue weighted by molar-refractivity contribution is 0.379. The lowest BCUT2D eigenvalue weighted by atomic mass is 9.97. The Hall–Kier alpha value is -4.82. The van der Waals surface area contributed by atoms with Gasteiger partial charge in [-0.25, -0.2) is 36.3 Å². The van der Waals surface area contributed by atoms with Gasteiger partial charge in [0, 0.05) is 41.9 Å². The molecule has 2 aliphatic heterocycles. The molecule has 4 rings (SSSR count). The van der Waals surface area contributed by atoms with Crippen molar-refractivity contribution in [2.75, 3.05) is 26.2 Å². The van der Waals surface area contributed by atoms with Crippen LogP contribution >= 0.6 is 0 Å². The third-order valence-electron chi connectivity index (χ3n) is 6.49. The van der Waals surface area contributed by atoms with Crippen molar-refractivity contribution in [2.24, 2.45) is 36.8 Å². The second-order valence-corrected chi connectivity index (χ2v) is 15.3. The number of rotatable bonds is 7. The summed E-state index contributed by atoms with van der Waals surface area (Å²) in [6.07, 6.45) is 3.53. The van der Waals surface area contributed by atoms with E-state index in [0.717, 1.165) is 0 Å². The molecule has 2 aliphatic rings. The molecule has 0 amide bonds. The van der Waals surface area contributed by atoms with Gasteiger partial charge in [0.05, 0.1) is 34.5 Å². The molecule has 2 aromatic carbocycles. The van der Waals surface area contributed by atoms with E-state index >= 15 is 0 Å². The third kappa shape index (κ3) is 10.1. The molecule has 0 aliphatic carbocycles. The monoisotopic (exact) mass is 683 g/mol. The van der Waals surface area contributed by atoms with Crippen LogP contribution in [0.25, 0.3) is 0 Å². The van der Waals surface area contributed by atoms with E-state index in [0.29, 0.717) is 31.7 Å². The van der Waals surface area contributed by atoms with Crippen LogP contribution < -0.4 is 15.2 Å². The fraction of sp³-hybridized carbons (Fsp3) is 0.400. The average Bonchev–Trinajstić information content (AvgIpc) is 3.57. The van der Waals surface area contributed by atoms with E-state index in [-0.39, 0.29) is 43.9 Å². The lowest BCUT2D eigenvalue weighted by Crippen LogP contribution is -2.42. The summed E-state index contributed by atoms with van der Waals surface area (Å²) >= 11 is 0. The first kappa shape index (κ1) is 36.6. The maximum atomic E-state index is 12.6. The number of aliphatic imine (C=N–C) groups is 2. The summed E-state index contributed by atoms with van der Waals surface area (Å²) in [5.41, 5.74) is 5.73. The molecule has 0 bridgehead atoms. The molecule has 5 N–H and O–H groups in total. The third-order valence-corrected chi connectivity index (χ3v) is 9.14. The van der Waals surface area contributed by atoms with Crippen molar-refractivity contribution in [3.63, 3.8) is 0 Å². The molecule has 0 atom stereocenters. The van der Waals surface area contributed by atoms with Gasteiger partial charge in [-0.15, -0.1) is 0 Å². The second-order valence-electron chi connectivity index (χ2n) is 12.0. The SMILES string of the molecule is CCN=C(NS(=O)(=O)c1cccc(C#N)c1)N1CC(C)(C)C=N1.CCN=C(NS(=O)(=O)c1cccc(C(=N)N)c1)N1CC(C)(C)C=N1. The van der Waals surface area contributed by atoms with Gasteiger partial charge in [0.25, 0.3) is 20.0 Å². The van der Waals surface area contributed by atoms with Gasteiger partial charge in [-0.3, -0.25) is 15.4 Å². The highest BCUT2D eigenvalue weighted by atomic mass is 32.2. The molecule has 0 spiro atoms. The van der Waals surface area contributed by atoms with E-state index in [2.05, 4.69) is 29.6 Å². The number of hydrogen-bond donors (Lipinski definition) is 4. The van der Waals surface area contributed by atoms with Crippen LogP contribution in [-0.2, 0) is 20.0 Å². The van der Waals surface area contributed by atoms with Crippen LogP contribution in [0.2, 0.25) is 0 Å². The number of guanidine groups is 2. The molecule has 15 nitrogen and oxygen atoms in total. The van der Waals surface area contributed by atoms with Gasteiger partial charge >= 0.3 is 0 Å². The fourth-order valence-electron chi connectivity index (χ4n) is 4.20. The molecular formula is C30H41N11O4S2. The predicted octanol–water partition coefficient (Wildman–Crippen LogP) is 2.49. The smallest absolute Gasteiger partial charge is 0.264 e. The predicted molar refractivity (Wildman–Crippen MR) is 183 cm³/mol. The molecule has 252 valence electrons. The minimum atomic E-state index is -3.86. The lowest BCUT2D eigenvalue weighted by Gasteiger charge is -2.21. The molecule has 0 radical (unpaired) electrons. The number of amidine groups is 1. The highest BCUT2D eigenvalue weighted by molar-refractivity contribution is 7.90. The summed E-state index contributed by atoms with van der Waals surface area (Å²) in [4.78, 5) is 8.44.